The van der Waals surface area contributed by atoms with E-state index in [1.807, 2.05) is 11.3 Å². The monoisotopic (exact) mass is 276 g/mol. The van der Waals surface area contributed by atoms with E-state index in [1.54, 1.807) is 4.88 Å². The molecule has 3 heteroatoms. The van der Waals surface area contributed by atoms with Crippen molar-refractivity contribution in [2.75, 3.05) is 0 Å². The number of hydrogen-bond acceptors (Lipinski definition) is 3. The molecule has 0 aromatic carbocycles. The van der Waals surface area contributed by atoms with Gasteiger partial charge in [0.1, 0.15) is 0 Å². The van der Waals surface area contributed by atoms with Crippen molar-refractivity contribution < 1.29 is 0 Å². The molecule has 2 nitrogen and oxygen atoms in total. The Morgan fingerprint density at radius 3 is 2.42 bits per heavy atom. The van der Waals surface area contributed by atoms with Crippen LogP contribution in [0, 0.1) is 0 Å². The Bertz CT molecular complexity index is 440. The predicted molar refractivity (Wildman–Crippen MR) is 79.8 cm³/mol. The molecule has 4 rings (SSSR count). The standard InChI is InChI=1S/C16H24N2S/c1-2-4-12(5-3-1)16-18-15(11-6-7-11)14(19-16)10-17-13-8-9-13/h11-13,17H,1-10H2. The molecule has 0 aliphatic heterocycles. The van der Waals surface area contributed by atoms with Crippen molar-refractivity contribution >= 4 is 11.3 Å². The maximum Gasteiger partial charge on any atom is 0.0962 e. The molecule has 3 saturated carbocycles. The van der Waals surface area contributed by atoms with Gasteiger partial charge in [0.05, 0.1) is 10.7 Å². The molecule has 1 N–H and O–H groups in total. The molecule has 0 atom stereocenters. The van der Waals surface area contributed by atoms with Gasteiger partial charge in [-0.2, -0.15) is 0 Å². The molecule has 3 aliphatic rings. The average Bonchev–Trinajstić information content (AvgIpc) is 3.37. The number of nitrogens with zero attached hydrogens (tertiary/aromatic N) is 1. The molecule has 3 fully saturated rings. The van der Waals surface area contributed by atoms with E-state index >= 15 is 0 Å². The first-order valence-electron chi connectivity index (χ1n) is 8.13. The third-order valence-corrected chi connectivity index (χ3v) is 6.02. The summed E-state index contributed by atoms with van der Waals surface area (Å²) in [4.78, 5) is 6.64. The van der Waals surface area contributed by atoms with Crippen LogP contribution in [-0.2, 0) is 6.54 Å². The van der Waals surface area contributed by atoms with Crippen LogP contribution in [0.3, 0.4) is 0 Å². The second-order valence-corrected chi connectivity index (χ2v) is 7.74. The van der Waals surface area contributed by atoms with Crippen LogP contribution >= 0.6 is 11.3 Å². The Morgan fingerprint density at radius 2 is 1.74 bits per heavy atom. The summed E-state index contributed by atoms with van der Waals surface area (Å²) in [5, 5.41) is 5.15. The molecule has 19 heavy (non-hydrogen) atoms. The van der Waals surface area contributed by atoms with Crippen LogP contribution in [0.15, 0.2) is 0 Å². The van der Waals surface area contributed by atoms with E-state index in [0.29, 0.717) is 0 Å². The summed E-state index contributed by atoms with van der Waals surface area (Å²) in [6, 6.07) is 0.812. The fourth-order valence-corrected chi connectivity index (χ4v) is 4.50. The first kappa shape index (κ1) is 12.3. The Kier molecular flexibility index (Phi) is 3.36. The van der Waals surface area contributed by atoms with E-state index in [9.17, 15) is 0 Å². The fourth-order valence-electron chi connectivity index (χ4n) is 3.23. The minimum atomic E-state index is 0.783. The SMILES string of the molecule is C1CCC(c2nc(C3CC3)c(CNC3CC3)s2)CC1. The van der Waals surface area contributed by atoms with Gasteiger partial charge in [-0.15, -0.1) is 11.3 Å². The van der Waals surface area contributed by atoms with Crippen molar-refractivity contribution in [3.05, 3.63) is 15.6 Å². The van der Waals surface area contributed by atoms with Gasteiger partial charge in [-0.1, -0.05) is 19.3 Å². The number of nitrogens with one attached hydrogen (secondary N) is 1. The minimum Gasteiger partial charge on any atom is -0.309 e. The van der Waals surface area contributed by atoms with E-state index in [0.717, 1.165) is 24.4 Å². The fraction of sp³-hybridized carbons (Fsp3) is 0.812. The predicted octanol–water partition coefficient (Wildman–Crippen LogP) is 4.32. The second-order valence-electron chi connectivity index (χ2n) is 6.62. The smallest absolute Gasteiger partial charge is 0.0962 e. The summed E-state index contributed by atoms with van der Waals surface area (Å²) >= 11 is 2.03. The average molecular weight is 276 g/mol. The molecular formula is C16H24N2S. The number of hydrogen-bond donors (Lipinski definition) is 1. The lowest BCUT2D eigenvalue weighted by Gasteiger charge is -2.18. The summed E-state index contributed by atoms with van der Waals surface area (Å²) in [6.07, 6.45) is 12.6. The summed E-state index contributed by atoms with van der Waals surface area (Å²) in [7, 11) is 0. The zero-order valence-corrected chi connectivity index (χ0v) is 12.5. The maximum atomic E-state index is 5.07. The molecule has 1 heterocycles. The highest BCUT2D eigenvalue weighted by Crippen LogP contribution is 2.45. The van der Waals surface area contributed by atoms with Crippen molar-refractivity contribution in [1.82, 2.24) is 10.3 Å². The van der Waals surface area contributed by atoms with Crippen LogP contribution in [0.1, 0.15) is 85.2 Å². The third kappa shape index (κ3) is 2.87. The molecule has 1 aromatic rings. The number of aromatic nitrogens is 1. The van der Waals surface area contributed by atoms with Gasteiger partial charge in [0.2, 0.25) is 0 Å². The molecule has 104 valence electrons. The molecule has 3 aliphatic carbocycles. The van der Waals surface area contributed by atoms with Gasteiger partial charge < -0.3 is 5.32 Å². The first-order valence-corrected chi connectivity index (χ1v) is 8.94. The van der Waals surface area contributed by atoms with Crippen LogP contribution in [0.4, 0.5) is 0 Å². The zero-order chi connectivity index (χ0) is 12.7. The minimum absolute atomic E-state index is 0.783. The molecular weight excluding hydrogens is 252 g/mol. The molecule has 0 unspecified atom stereocenters. The normalized spacial score (nSPS) is 24.8. The largest absolute Gasteiger partial charge is 0.309 e. The Balaban J connectivity index is 1.51. The quantitative estimate of drug-likeness (QED) is 0.866. The number of rotatable bonds is 5. The highest BCUT2D eigenvalue weighted by atomic mass is 32.1. The van der Waals surface area contributed by atoms with Gasteiger partial charge in [-0.25, -0.2) is 4.98 Å². The molecule has 1 aromatic heterocycles. The van der Waals surface area contributed by atoms with Gasteiger partial charge in [0, 0.05) is 29.3 Å². The lowest BCUT2D eigenvalue weighted by Crippen LogP contribution is -2.15. The molecule has 0 spiro atoms. The Labute approximate surface area is 120 Å². The molecule has 0 radical (unpaired) electrons. The van der Waals surface area contributed by atoms with Crippen LogP contribution in [0.25, 0.3) is 0 Å². The van der Waals surface area contributed by atoms with Crippen molar-refractivity contribution in [2.24, 2.45) is 0 Å². The van der Waals surface area contributed by atoms with Crippen molar-refractivity contribution in [1.29, 1.82) is 0 Å². The van der Waals surface area contributed by atoms with E-state index < -0.39 is 0 Å². The summed E-state index contributed by atoms with van der Waals surface area (Å²) in [6.45, 7) is 1.08. The topological polar surface area (TPSA) is 24.9 Å². The van der Waals surface area contributed by atoms with Crippen LogP contribution in [-0.4, -0.2) is 11.0 Å². The summed E-state index contributed by atoms with van der Waals surface area (Å²) in [5.74, 6) is 1.59. The Morgan fingerprint density at radius 1 is 0.947 bits per heavy atom. The van der Waals surface area contributed by atoms with Crippen molar-refractivity contribution in [3.63, 3.8) is 0 Å². The van der Waals surface area contributed by atoms with Gasteiger partial charge in [-0.3, -0.25) is 0 Å². The van der Waals surface area contributed by atoms with Crippen LogP contribution < -0.4 is 5.32 Å². The van der Waals surface area contributed by atoms with E-state index in [1.165, 1.54) is 68.5 Å². The van der Waals surface area contributed by atoms with Crippen molar-refractivity contribution in [3.8, 4) is 0 Å². The summed E-state index contributed by atoms with van der Waals surface area (Å²) < 4.78 is 0. The molecule has 0 bridgehead atoms. The highest BCUT2D eigenvalue weighted by molar-refractivity contribution is 7.11. The van der Waals surface area contributed by atoms with Crippen molar-refractivity contribution in [2.45, 2.75) is 82.2 Å². The van der Waals surface area contributed by atoms with Gasteiger partial charge >= 0.3 is 0 Å². The van der Waals surface area contributed by atoms with E-state index in [4.69, 9.17) is 4.98 Å². The maximum absolute atomic E-state index is 5.07. The number of thiazole rings is 1. The van der Waals surface area contributed by atoms with E-state index in [2.05, 4.69) is 5.32 Å². The highest BCUT2D eigenvalue weighted by Gasteiger charge is 2.31. The molecule has 0 saturated heterocycles. The lowest BCUT2D eigenvalue weighted by molar-refractivity contribution is 0.442. The second kappa shape index (κ2) is 5.17. The zero-order valence-electron chi connectivity index (χ0n) is 11.7. The van der Waals surface area contributed by atoms with E-state index in [-0.39, 0.29) is 0 Å². The third-order valence-electron chi connectivity index (χ3n) is 4.79. The van der Waals surface area contributed by atoms with Gasteiger partial charge in [0.25, 0.3) is 0 Å². The Hall–Kier alpha value is -0.410. The first-order chi connectivity index (χ1) is 9.40. The van der Waals surface area contributed by atoms with Crippen LogP contribution in [0.2, 0.25) is 0 Å². The molecule has 0 amide bonds. The van der Waals surface area contributed by atoms with Crippen LogP contribution in [0.5, 0.6) is 0 Å². The van der Waals surface area contributed by atoms with Gasteiger partial charge in [0.15, 0.2) is 0 Å². The lowest BCUT2D eigenvalue weighted by atomic mass is 9.90. The van der Waals surface area contributed by atoms with Gasteiger partial charge in [-0.05, 0) is 38.5 Å². The summed E-state index contributed by atoms with van der Waals surface area (Å²) in [5.41, 5.74) is 1.47.